The minimum absolute atomic E-state index is 0.270. The summed E-state index contributed by atoms with van der Waals surface area (Å²) in [7, 11) is 0. The summed E-state index contributed by atoms with van der Waals surface area (Å²) < 4.78 is 5.10. The quantitative estimate of drug-likeness (QED) is 0.471. The van der Waals surface area contributed by atoms with Crippen LogP contribution in [-0.2, 0) is 19.1 Å². The molecule has 1 aromatic carbocycles. The summed E-state index contributed by atoms with van der Waals surface area (Å²) in [6.45, 7) is 4.62. The monoisotopic (exact) mass is 414 g/mol. The first-order chi connectivity index (χ1) is 14.3. The summed E-state index contributed by atoms with van der Waals surface area (Å²) in [4.78, 5) is 50.5. The molecule has 9 heteroatoms. The fourth-order valence-corrected chi connectivity index (χ4v) is 3.48. The lowest BCUT2D eigenvalue weighted by atomic mass is 9.88. The topological polar surface area (TPSA) is 129 Å². The van der Waals surface area contributed by atoms with Crippen molar-refractivity contribution in [1.29, 1.82) is 5.26 Å². The van der Waals surface area contributed by atoms with Gasteiger partial charge >= 0.3 is 12.0 Å². The van der Waals surface area contributed by atoms with Crippen molar-refractivity contribution in [2.75, 3.05) is 11.9 Å². The highest BCUT2D eigenvalue weighted by molar-refractivity contribution is 6.08. The van der Waals surface area contributed by atoms with Gasteiger partial charge in [-0.1, -0.05) is 38.8 Å². The Morgan fingerprint density at radius 1 is 1.23 bits per heavy atom. The second kappa shape index (κ2) is 9.87. The van der Waals surface area contributed by atoms with Crippen LogP contribution in [0.1, 0.15) is 52.0 Å². The van der Waals surface area contributed by atoms with Gasteiger partial charge in [-0.2, -0.15) is 5.26 Å². The lowest BCUT2D eigenvalue weighted by molar-refractivity contribution is -0.155. The van der Waals surface area contributed by atoms with Gasteiger partial charge in [-0.25, -0.2) is 4.79 Å². The van der Waals surface area contributed by atoms with Crippen LogP contribution < -0.4 is 10.6 Å². The van der Waals surface area contributed by atoms with Gasteiger partial charge in [0.2, 0.25) is 0 Å². The van der Waals surface area contributed by atoms with Gasteiger partial charge in [0, 0.05) is 0 Å². The zero-order valence-corrected chi connectivity index (χ0v) is 17.4. The normalized spacial score (nSPS) is 15.9. The molecular formula is C21H26N4O5. The number of imide groups is 1. The number of ether oxygens (including phenoxy) is 1. The smallest absolute Gasteiger partial charge is 0.327 e. The van der Waals surface area contributed by atoms with E-state index in [4.69, 9.17) is 10.00 Å². The molecule has 4 amide bonds. The predicted octanol–water partition coefficient (Wildman–Crippen LogP) is 2.32. The molecule has 0 aromatic heterocycles. The van der Waals surface area contributed by atoms with Crippen LogP contribution in [0.4, 0.5) is 10.5 Å². The molecular weight excluding hydrogens is 388 g/mol. The van der Waals surface area contributed by atoms with Gasteiger partial charge < -0.3 is 15.4 Å². The van der Waals surface area contributed by atoms with E-state index in [2.05, 4.69) is 10.6 Å². The molecule has 160 valence electrons. The number of benzene rings is 1. The van der Waals surface area contributed by atoms with Crippen molar-refractivity contribution in [3.05, 3.63) is 29.8 Å². The standard InChI is InChI=1S/C21H26N4O5/c1-4-10-21(11-5-2)19(28)25(20(29)24-21)13-17(26)30-14(3)18(27)23-16-9-7-6-8-15(16)12-22/h6-9,14H,4-5,10-11,13H2,1-3H3,(H,23,27)(H,24,29)/t14-/m1/s1. The number of carbonyl (C=O) groups excluding carboxylic acids is 4. The number of urea groups is 1. The first-order valence-corrected chi connectivity index (χ1v) is 9.91. The molecule has 2 rings (SSSR count). The third-order valence-electron chi connectivity index (χ3n) is 4.87. The van der Waals surface area contributed by atoms with Crippen molar-refractivity contribution in [2.45, 2.75) is 58.1 Å². The minimum Gasteiger partial charge on any atom is -0.451 e. The average molecular weight is 414 g/mol. The van der Waals surface area contributed by atoms with Gasteiger partial charge in [0.15, 0.2) is 6.10 Å². The number of nitrogens with one attached hydrogen (secondary N) is 2. The SMILES string of the molecule is CCCC1(CCC)NC(=O)N(CC(=O)O[C@H](C)C(=O)Nc2ccccc2C#N)C1=O. The van der Waals surface area contributed by atoms with Crippen LogP contribution in [0.15, 0.2) is 24.3 Å². The van der Waals surface area contributed by atoms with Crippen LogP contribution in [-0.4, -0.2) is 46.9 Å². The maximum atomic E-state index is 12.8. The Balaban J connectivity index is 1.99. The molecule has 0 bridgehead atoms. The largest absolute Gasteiger partial charge is 0.451 e. The highest BCUT2D eigenvalue weighted by Crippen LogP contribution is 2.28. The van der Waals surface area contributed by atoms with Crippen molar-refractivity contribution in [1.82, 2.24) is 10.2 Å². The third kappa shape index (κ3) is 4.95. The number of hydrogen-bond acceptors (Lipinski definition) is 6. The summed E-state index contributed by atoms with van der Waals surface area (Å²) in [6.07, 6.45) is 1.18. The Morgan fingerprint density at radius 3 is 2.47 bits per heavy atom. The van der Waals surface area contributed by atoms with Crippen LogP contribution in [0, 0.1) is 11.3 Å². The molecule has 1 aromatic rings. The van der Waals surface area contributed by atoms with E-state index < -0.39 is 42.0 Å². The zero-order valence-electron chi connectivity index (χ0n) is 17.4. The molecule has 1 heterocycles. The van der Waals surface area contributed by atoms with Gasteiger partial charge in [0.05, 0.1) is 11.3 Å². The highest BCUT2D eigenvalue weighted by Gasteiger charge is 2.50. The van der Waals surface area contributed by atoms with E-state index >= 15 is 0 Å². The second-order valence-electron chi connectivity index (χ2n) is 7.18. The highest BCUT2D eigenvalue weighted by atomic mass is 16.5. The third-order valence-corrected chi connectivity index (χ3v) is 4.87. The Kier molecular flexibility index (Phi) is 7.53. The van der Waals surface area contributed by atoms with Crippen molar-refractivity contribution >= 4 is 29.5 Å². The zero-order chi connectivity index (χ0) is 22.3. The first-order valence-electron chi connectivity index (χ1n) is 9.91. The van der Waals surface area contributed by atoms with Crippen molar-refractivity contribution in [2.24, 2.45) is 0 Å². The number of esters is 1. The molecule has 30 heavy (non-hydrogen) atoms. The molecule has 9 nitrogen and oxygen atoms in total. The average Bonchev–Trinajstić information content (AvgIpc) is 2.93. The van der Waals surface area contributed by atoms with Crippen LogP contribution in [0.2, 0.25) is 0 Å². The maximum absolute atomic E-state index is 12.8. The van der Waals surface area contributed by atoms with Gasteiger partial charge in [-0.15, -0.1) is 0 Å². The fraction of sp³-hybridized carbons (Fsp3) is 0.476. The molecule has 1 atom stereocenters. The fourth-order valence-electron chi connectivity index (χ4n) is 3.48. The molecule has 1 aliphatic heterocycles. The van der Waals surface area contributed by atoms with Gasteiger partial charge in [0.1, 0.15) is 18.2 Å². The van der Waals surface area contributed by atoms with Gasteiger partial charge in [0.25, 0.3) is 11.8 Å². The van der Waals surface area contributed by atoms with E-state index in [1.165, 1.54) is 6.92 Å². The van der Waals surface area contributed by atoms with Crippen LogP contribution >= 0.6 is 0 Å². The lowest BCUT2D eigenvalue weighted by Gasteiger charge is -2.25. The maximum Gasteiger partial charge on any atom is 0.327 e. The van der Waals surface area contributed by atoms with Crippen LogP contribution in [0.3, 0.4) is 0 Å². The van der Waals surface area contributed by atoms with Crippen LogP contribution in [0.5, 0.6) is 0 Å². The van der Waals surface area contributed by atoms with Gasteiger partial charge in [-0.05, 0) is 31.9 Å². The summed E-state index contributed by atoms with van der Waals surface area (Å²) >= 11 is 0. The Labute approximate surface area is 175 Å². The molecule has 0 saturated carbocycles. The Bertz CT molecular complexity index is 870. The lowest BCUT2D eigenvalue weighted by Crippen LogP contribution is -2.47. The van der Waals surface area contributed by atoms with E-state index in [0.29, 0.717) is 31.4 Å². The van der Waals surface area contributed by atoms with Crippen molar-refractivity contribution in [3.63, 3.8) is 0 Å². The minimum atomic E-state index is -1.18. The van der Waals surface area contributed by atoms with E-state index in [1.54, 1.807) is 24.3 Å². The number of amides is 4. The number of para-hydroxylation sites is 1. The Morgan fingerprint density at radius 2 is 1.87 bits per heavy atom. The number of nitrogens with zero attached hydrogens (tertiary/aromatic N) is 2. The number of rotatable bonds is 9. The molecule has 0 radical (unpaired) electrons. The predicted molar refractivity (Wildman–Crippen MR) is 108 cm³/mol. The van der Waals surface area contributed by atoms with Crippen molar-refractivity contribution in [3.8, 4) is 6.07 Å². The molecule has 2 N–H and O–H groups in total. The second-order valence-corrected chi connectivity index (χ2v) is 7.18. The first kappa shape index (κ1) is 22.9. The molecule has 1 fully saturated rings. The number of carbonyl (C=O) groups is 4. The summed E-state index contributed by atoms with van der Waals surface area (Å²) in [5.74, 6) is -1.96. The molecule has 1 aliphatic rings. The number of hydrogen-bond donors (Lipinski definition) is 2. The van der Waals surface area contributed by atoms with E-state index in [-0.39, 0.29) is 5.56 Å². The number of anilines is 1. The van der Waals surface area contributed by atoms with E-state index in [1.807, 2.05) is 19.9 Å². The van der Waals surface area contributed by atoms with Crippen molar-refractivity contribution < 1.29 is 23.9 Å². The Hall–Kier alpha value is -3.41. The molecule has 0 unspecified atom stereocenters. The van der Waals surface area contributed by atoms with E-state index in [0.717, 1.165) is 4.90 Å². The number of nitriles is 1. The molecule has 1 saturated heterocycles. The summed E-state index contributed by atoms with van der Waals surface area (Å²) in [5, 5.41) is 14.3. The molecule has 0 spiro atoms. The van der Waals surface area contributed by atoms with E-state index in [9.17, 15) is 19.2 Å². The summed E-state index contributed by atoms with van der Waals surface area (Å²) in [5.41, 5.74) is -0.428. The molecule has 0 aliphatic carbocycles. The summed E-state index contributed by atoms with van der Waals surface area (Å²) in [6, 6.07) is 7.73. The van der Waals surface area contributed by atoms with Gasteiger partial charge in [-0.3, -0.25) is 19.3 Å². The van der Waals surface area contributed by atoms with Crippen LogP contribution in [0.25, 0.3) is 0 Å².